The fraction of sp³-hybridized carbons (Fsp3) is 0.235. The van der Waals surface area contributed by atoms with Gasteiger partial charge in [0, 0.05) is 12.7 Å². The molecule has 1 heterocycles. The van der Waals surface area contributed by atoms with Gasteiger partial charge in [-0.05, 0) is 42.8 Å². The molecule has 0 radical (unpaired) electrons. The van der Waals surface area contributed by atoms with Gasteiger partial charge in [0.2, 0.25) is 5.91 Å². The Morgan fingerprint density at radius 2 is 1.78 bits per heavy atom. The van der Waals surface area contributed by atoms with Gasteiger partial charge >= 0.3 is 0 Å². The average Bonchev–Trinajstić information content (AvgIpc) is 2.69. The van der Waals surface area contributed by atoms with E-state index in [4.69, 9.17) is 0 Å². The van der Waals surface area contributed by atoms with Gasteiger partial charge in [-0.2, -0.15) is 0 Å². The Balaban J connectivity index is 2.10. The van der Waals surface area contributed by atoms with Crippen molar-refractivity contribution in [2.24, 2.45) is 0 Å². The van der Waals surface area contributed by atoms with Crippen molar-refractivity contribution >= 4 is 21.4 Å². The Labute approximate surface area is 134 Å². The van der Waals surface area contributed by atoms with Crippen molar-refractivity contribution in [3.63, 3.8) is 0 Å². The van der Waals surface area contributed by atoms with Crippen LogP contribution in [-0.2, 0) is 20.0 Å². The highest BCUT2D eigenvalue weighted by atomic mass is 32.2. The van der Waals surface area contributed by atoms with E-state index in [0.717, 1.165) is 0 Å². The van der Waals surface area contributed by atoms with Crippen LogP contribution >= 0.6 is 0 Å². The summed E-state index contributed by atoms with van der Waals surface area (Å²) in [5, 5.41) is 0. The largest absolute Gasteiger partial charge is 0.314 e. The lowest BCUT2D eigenvalue weighted by molar-refractivity contribution is -0.121. The number of hydrogen-bond donors (Lipinski definition) is 0. The second-order valence-electron chi connectivity index (χ2n) is 5.93. The molecule has 1 aliphatic heterocycles. The third kappa shape index (κ3) is 2.43. The molecule has 2 aromatic carbocycles. The second kappa shape index (κ2) is 5.16. The zero-order chi connectivity index (χ0) is 16.8. The van der Waals surface area contributed by atoms with Crippen molar-refractivity contribution in [2.45, 2.75) is 17.2 Å². The first-order valence-electron chi connectivity index (χ1n) is 7.12. The van der Waals surface area contributed by atoms with Gasteiger partial charge < -0.3 is 4.90 Å². The lowest BCUT2D eigenvalue weighted by Gasteiger charge is -2.23. The first-order valence-corrected chi connectivity index (χ1v) is 8.77. The Kier molecular flexibility index (Phi) is 3.52. The molecule has 0 spiro atoms. The number of nitrogens with zero attached hydrogens (tertiary/aromatic N) is 1. The molecule has 120 valence electrons. The first kappa shape index (κ1) is 15.7. The summed E-state index contributed by atoms with van der Waals surface area (Å²) in [5.41, 5.74) is -0.354. The molecule has 4 nitrogen and oxygen atoms in total. The molecule has 0 aliphatic carbocycles. The monoisotopic (exact) mass is 333 g/mol. The summed E-state index contributed by atoms with van der Waals surface area (Å²) < 4.78 is 39.0. The number of amides is 1. The molecule has 3 rings (SSSR count). The number of carbonyl (C=O) groups excluding carboxylic acids is 1. The van der Waals surface area contributed by atoms with Crippen LogP contribution in [0, 0.1) is 5.82 Å². The zero-order valence-corrected chi connectivity index (χ0v) is 13.6. The van der Waals surface area contributed by atoms with Crippen LogP contribution in [0.2, 0.25) is 0 Å². The molecule has 2 aromatic rings. The fourth-order valence-corrected chi connectivity index (χ4v) is 4.85. The number of halogens is 1. The predicted octanol–water partition coefficient (Wildman–Crippen LogP) is 2.53. The highest BCUT2D eigenvalue weighted by Crippen LogP contribution is 2.42. The van der Waals surface area contributed by atoms with Crippen molar-refractivity contribution in [3.05, 3.63) is 59.9 Å². The van der Waals surface area contributed by atoms with E-state index in [1.807, 2.05) is 0 Å². The average molecular weight is 333 g/mol. The van der Waals surface area contributed by atoms with E-state index in [1.165, 1.54) is 35.2 Å². The third-order valence-electron chi connectivity index (χ3n) is 4.27. The van der Waals surface area contributed by atoms with E-state index in [9.17, 15) is 17.6 Å². The SMILES string of the molecule is CN1C(=O)C(C)(CS(=O)(=O)c2ccccc2)c2cc(F)ccc21. The summed E-state index contributed by atoms with van der Waals surface area (Å²) in [4.78, 5) is 14.2. The molecule has 1 aliphatic rings. The molecule has 1 atom stereocenters. The van der Waals surface area contributed by atoms with E-state index in [2.05, 4.69) is 0 Å². The maximum atomic E-state index is 13.6. The Hall–Kier alpha value is -2.21. The Morgan fingerprint density at radius 1 is 1.13 bits per heavy atom. The summed E-state index contributed by atoms with van der Waals surface area (Å²) in [6.45, 7) is 1.55. The lowest BCUT2D eigenvalue weighted by atomic mass is 9.86. The minimum atomic E-state index is -3.68. The fourth-order valence-electron chi connectivity index (χ4n) is 3.07. The molecule has 1 amide bonds. The van der Waals surface area contributed by atoms with Crippen molar-refractivity contribution < 1.29 is 17.6 Å². The number of carbonyl (C=O) groups is 1. The van der Waals surface area contributed by atoms with Gasteiger partial charge in [-0.25, -0.2) is 12.8 Å². The van der Waals surface area contributed by atoms with Crippen LogP contribution in [0.3, 0.4) is 0 Å². The molecular formula is C17H16FNO3S. The standard InChI is InChI=1S/C17H16FNO3S/c1-17(11-23(21,22)13-6-4-3-5-7-13)14-10-12(18)8-9-15(14)19(2)16(17)20/h3-10H,11H2,1-2H3. The van der Waals surface area contributed by atoms with Crippen molar-refractivity contribution in [3.8, 4) is 0 Å². The van der Waals surface area contributed by atoms with Crippen molar-refractivity contribution in [2.75, 3.05) is 17.7 Å². The van der Waals surface area contributed by atoms with Crippen LogP contribution in [0.15, 0.2) is 53.4 Å². The number of fused-ring (bicyclic) bond motifs is 1. The molecule has 23 heavy (non-hydrogen) atoms. The van der Waals surface area contributed by atoms with Crippen molar-refractivity contribution in [1.82, 2.24) is 0 Å². The van der Waals surface area contributed by atoms with Crippen molar-refractivity contribution in [1.29, 1.82) is 0 Å². The predicted molar refractivity (Wildman–Crippen MR) is 85.7 cm³/mol. The number of hydrogen-bond acceptors (Lipinski definition) is 3. The quantitative estimate of drug-likeness (QED) is 0.867. The van der Waals surface area contributed by atoms with Crippen LogP contribution in [0.25, 0.3) is 0 Å². The number of rotatable bonds is 3. The van der Waals surface area contributed by atoms with Gasteiger partial charge in [-0.3, -0.25) is 4.79 Å². The minimum absolute atomic E-state index is 0.154. The van der Waals surface area contributed by atoms with Gasteiger partial charge in [0.25, 0.3) is 0 Å². The summed E-state index contributed by atoms with van der Waals surface area (Å²) in [7, 11) is -2.12. The van der Waals surface area contributed by atoms with E-state index in [-0.39, 0.29) is 10.8 Å². The summed E-state index contributed by atoms with van der Waals surface area (Å²) in [6.07, 6.45) is 0. The van der Waals surface area contributed by atoms with Gasteiger partial charge in [0.1, 0.15) is 5.82 Å². The van der Waals surface area contributed by atoms with Gasteiger partial charge in [-0.1, -0.05) is 18.2 Å². The van der Waals surface area contributed by atoms with E-state index >= 15 is 0 Å². The smallest absolute Gasteiger partial charge is 0.238 e. The van der Waals surface area contributed by atoms with Crippen LogP contribution < -0.4 is 4.90 Å². The van der Waals surface area contributed by atoms with Crippen LogP contribution in [0.5, 0.6) is 0 Å². The molecule has 0 saturated carbocycles. The Bertz CT molecular complexity index is 880. The molecule has 6 heteroatoms. The number of likely N-dealkylation sites (N-methyl/N-ethyl adjacent to an activating group) is 1. The highest BCUT2D eigenvalue weighted by molar-refractivity contribution is 7.91. The molecule has 0 bridgehead atoms. The highest BCUT2D eigenvalue weighted by Gasteiger charge is 2.49. The number of benzene rings is 2. The maximum Gasteiger partial charge on any atom is 0.238 e. The van der Waals surface area contributed by atoms with Crippen LogP contribution in [-0.4, -0.2) is 27.1 Å². The van der Waals surface area contributed by atoms with Crippen LogP contribution in [0.4, 0.5) is 10.1 Å². The zero-order valence-electron chi connectivity index (χ0n) is 12.8. The van der Waals surface area contributed by atoms with Gasteiger partial charge in [0.15, 0.2) is 9.84 Å². The van der Waals surface area contributed by atoms with E-state index in [1.54, 1.807) is 32.2 Å². The maximum absolute atomic E-state index is 13.6. The van der Waals surface area contributed by atoms with Gasteiger partial charge in [-0.15, -0.1) is 0 Å². The first-order chi connectivity index (χ1) is 10.8. The van der Waals surface area contributed by atoms with E-state index < -0.39 is 26.8 Å². The molecule has 1 unspecified atom stereocenters. The molecule has 0 fully saturated rings. The molecule has 0 aromatic heterocycles. The summed E-state index contributed by atoms with van der Waals surface area (Å²) in [5.74, 6) is -1.24. The topological polar surface area (TPSA) is 54.5 Å². The molecular weight excluding hydrogens is 317 g/mol. The molecule has 0 saturated heterocycles. The summed E-state index contributed by atoms with van der Waals surface area (Å²) in [6, 6.07) is 12.0. The third-order valence-corrected chi connectivity index (χ3v) is 6.22. The lowest BCUT2D eigenvalue weighted by Crippen LogP contribution is -2.41. The minimum Gasteiger partial charge on any atom is -0.314 e. The van der Waals surface area contributed by atoms with Crippen LogP contribution in [0.1, 0.15) is 12.5 Å². The normalized spacial score (nSPS) is 20.7. The Morgan fingerprint density at radius 3 is 2.43 bits per heavy atom. The second-order valence-corrected chi connectivity index (χ2v) is 7.92. The molecule has 0 N–H and O–H groups in total. The summed E-state index contributed by atoms with van der Waals surface area (Å²) >= 11 is 0. The van der Waals surface area contributed by atoms with E-state index in [0.29, 0.717) is 11.3 Å². The number of anilines is 1. The van der Waals surface area contributed by atoms with Gasteiger partial charge in [0.05, 0.1) is 16.1 Å². The number of sulfone groups is 1.